The second-order valence-electron chi connectivity index (χ2n) is 4.30. The zero-order valence-corrected chi connectivity index (χ0v) is 18.6. The van der Waals surface area contributed by atoms with Gasteiger partial charge in [-0.15, -0.1) is 0 Å². The molecule has 0 spiro atoms. The summed E-state index contributed by atoms with van der Waals surface area (Å²) in [5.41, 5.74) is 0. The zero-order chi connectivity index (χ0) is 13.6. The Balaban J connectivity index is -0.0000000821. The smallest absolute Gasteiger partial charge is 0.790 e. The van der Waals surface area contributed by atoms with E-state index in [1.54, 1.807) is 0 Å². The van der Waals surface area contributed by atoms with Gasteiger partial charge in [0.1, 0.15) is 0 Å². The van der Waals surface area contributed by atoms with E-state index >= 15 is 0 Å². The van der Waals surface area contributed by atoms with Crippen LogP contribution < -0.4 is 68.9 Å². The first-order valence-electron chi connectivity index (χ1n) is 6.66. The van der Waals surface area contributed by atoms with Crippen molar-refractivity contribution in [1.29, 1.82) is 0 Å². The Morgan fingerprint density at radius 2 is 0.900 bits per heavy atom. The summed E-state index contributed by atoms with van der Waals surface area (Å²) < 4.78 is 8.66. The second kappa shape index (κ2) is 26.0. The molecule has 0 unspecified atom stereocenters. The molecule has 0 bridgehead atoms. The van der Waals surface area contributed by atoms with Crippen LogP contribution in [0.1, 0.15) is 78.1 Å². The van der Waals surface area contributed by atoms with Crippen LogP contribution in [0.5, 0.6) is 0 Å². The zero-order valence-electron chi connectivity index (χ0n) is 13.7. The van der Waals surface area contributed by atoms with Crippen LogP contribution in [0.2, 0.25) is 0 Å². The van der Waals surface area contributed by atoms with Crippen LogP contribution in [-0.4, -0.2) is 10.4 Å². The molecule has 8 heteroatoms. The summed E-state index contributed by atoms with van der Waals surface area (Å²) in [6.45, 7) is 4.56. The van der Waals surface area contributed by atoms with Gasteiger partial charge in [0.05, 0.1) is 7.82 Å². The van der Waals surface area contributed by atoms with E-state index in [1.807, 2.05) is 0 Å². The van der Waals surface area contributed by atoms with E-state index in [2.05, 4.69) is 13.8 Å². The average Bonchev–Trinajstić information content (AvgIpc) is 2.20. The predicted octanol–water partition coefficient (Wildman–Crippen LogP) is -4.08. The van der Waals surface area contributed by atoms with Gasteiger partial charge >= 0.3 is 59.1 Å². The summed E-state index contributed by atoms with van der Waals surface area (Å²) in [5, 5.41) is 0. The Labute approximate surface area is 168 Å². The molecular weight excluding hydrogens is 301 g/mol. The molecule has 0 fully saturated rings. The summed E-state index contributed by atoms with van der Waals surface area (Å²) in [6.07, 6.45) is 14.4. The molecule has 0 aliphatic rings. The molecule has 0 aromatic heterocycles. The maximum atomic E-state index is 8.66. The van der Waals surface area contributed by atoms with Crippen molar-refractivity contribution >= 4 is 7.82 Å². The Morgan fingerprint density at radius 1 is 0.750 bits per heavy atom. The third-order valence-corrected chi connectivity index (χ3v) is 2.46. The van der Waals surface area contributed by atoms with Crippen LogP contribution in [0, 0.1) is 0 Å². The van der Waals surface area contributed by atoms with E-state index in [9.17, 15) is 0 Å². The summed E-state index contributed by atoms with van der Waals surface area (Å²) in [4.78, 5) is 24.3. The molecule has 0 aromatic carbocycles. The van der Waals surface area contributed by atoms with Crippen molar-refractivity contribution in [2.24, 2.45) is 0 Å². The normalized spacial score (nSPS) is 9.25. The first kappa shape index (κ1) is 33.6. The first-order valence-corrected chi connectivity index (χ1v) is 8.16. The minimum atomic E-state index is -5.14. The molecular formula is C12H29Na2O5P. The number of hydrogen-bond donors (Lipinski definition) is 1. The first-order chi connectivity index (χ1) is 7.91. The molecule has 0 saturated carbocycles. The van der Waals surface area contributed by atoms with Crippen LogP contribution in [0.3, 0.4) is 0 Å². The predicted molar refractivity (Wildman–Crippen MR) is 71.0 cm³/mol. The van der Waals surface area contributed by atoms with Crippen molar-refractivity contribution in [2.45, 2.75) is 78.1 Å². The Morgan fingerprint density at radius 3 is 1.05 bits per heavy atom. The van der Waals surface area contributed by atoms with E-state index in [1.165, 1.54) is 64.2 Å². The van der Waals surface area contributed by atoms with Gasteiger partial charge in [-0.05, 0) is 0 Å². The third-order valence-electron chi connectivity index (χ3n) is 2.46. The molecule has 0 radical (unpaired) electrons. The van der Waals surface area contributed by atoms with E-state index in [4.69, 9.17) is 19.2 Å². The van der Waals surface area contributed by atoms with Gasteiger partial charge in [0.25, 0.3) is 0 Å². The molecule has 0 aliphatic carbocycles. The Bertz CT molecular complexity index is 172. The molecule has 0 amide bonds. The van der Waals surface area contributed by atoms with Crippen LogP contribution in [0.15, 0.2) is 0 Å². The van der Waals surface area contributed by atoms with Gasteiger partial charge in [-0.25, -0.2) is 0 Å². The Kier molecular flexibility index (Phi) is 43.7. The van der Waals surface area contributed by atoms with E-state index < -0.39 is 7.82 Å². The van der Waals surface area contributed by atoms with Gasteiger partial charge in [-0.3, -0.25) is 0 Å². The van der Waals surface area contributed by atoms with Crippen molar-refractivity contribution in [3.05, 3.63) is 0 Å². The van der Waals surface area contributed by atoms with Gasteiger partial charge < -0.3 is 24.7 Å². The van der Waals surface area contributed by atoms with Gasteiger partial charge in [0, 0.05) is 0 Å². The van der Waals surface area contributed by atoms with Crippen LogP contribution >= 0.6 is 7.82 Å². The van der Waals surface area contributed by atoms with Crippen molar-refractivity contribution < 1.29 is 83.8 Å². The topological polar surface area (TPSA) is 115 Å². The van der Waals surface area contributed by atoms with Crippen molar-refractivity contribution in [3.63, 3.8) is 0 Å². The molecule has 3 N–H and O–H groups in total. The standard InChI is InChI=1S/C12H26.2Na.H3O4P.H2O/c1-3-5-7-9-11-12-10-8-6-4-2;;;1-5(2,3)4;/h3-12H2,1-2H3;;;(H3,1,2,3,4);1H2/q;2*+1;;/p-2. The summed E-state index contributed by atoms with van der Waals surface area (Å²) in [6, 6.07) is 0. The van der Waals surface area contributed by atoms with Crippen molar-refractivity contribution in [1.82, 2.24) is 0 Å². The molecule has 114 valence electrons. The molecule has 0 rings (SSSR count). The van der Waals surface area contributed by atoms with Gasteiger partial charge in [0.2, 0.25) is 0 Å². The van der Waals surface area contributed by atoms with E-state index in [0.29, 0.717) is 0 Å². The van der Waals surface area contributed by atoms with Gasteiger partial charge in [-0.1, -0.05) is 78.1 Å². The van der Waals surface area contributed by atoms with Gasteiger partial charge in [0.15, 0.2) is 0 Å². The maximum absolute atomic E-state index is 8.66. The van der Waals surface area contributed by atoms with Crippen molar-refractivity contribution in [2.75, 3.05) is 0 Å². The SMILES string of the molecule is CCCCCCCCCCCC.O.O=P([O-])([O-])O.[Na+].[Na+]. The fraction of sp³-hybridized carbons (Fsp3) is 1.00. The maximum Gasteiger partial charge on any atom is 1.00 e. The Hall–Kier alpha value is 2.07. The minimum Gasteiger partial charge on any atom is -0.790 e. The average molecular weight is 330 g/mol. The van der Waals surface area contributed by atoms with Crippen molar-refractivity contribution in [3.8, 4) is 0 Å². The molecule has 0 atom stereocenters. The largest absolute Gasteiger partial charge is 1.00 e. The van der Waals surface area contributed by atoms with Crippen LogP contribution in [0.4, 0.5) is 0 Å². The summed E-state index contributed by atoms with van der Waals surface area (Å²) >= 11 is 0. The molecule has 5 nitrogen and oxygen atoms in total. The number of unbranched alkanes of at least 4 members (excludes halogenated alkanes) is 9. The molecule has 0 heterocycles. The second-order valence-corrected chi connectivity index (χ2v) is 5.23. The van der Waals surface area contributed by atoms with Crippen LogP contribution in [-0.2, 0) is 4.57 Å². The van der Waals surface area contributed by atoms with Gasteiger partial charge in [-0.2, -0.15) is 0 Å². The quantitative estimate of drug-likeness (QED) is 0.263. The van der Waals surface area contributed by atoms with Crippen LogP contribution in [0.25, 0.3) is 0 Å². The monoisotopic (exact) mass is 330 g/mol. The van der Waals surface area contributed by atoms with E-state index in [-0.39, 0.29) is 64.6 Å². The molecule has 0 aromatic rings. The fourth-order valence-electron chi connectivity index (χ4n) is 1.56. The summed E-state index contributed by atoms with van der Waals surface area (Å²) in [7, 11) is -5.14. The number of phosphoric acid groups is 1. The summed E-state index contributed by atoms with van der Waals surface area (Å²) in [5.74, 6) is 0. The number of rotatable bonds is 9. The molecule has 0 saturated heterocycles. The fourth-order valence-corrected chi connectivity index (χ4v) is 1.56. The third kappa shape index (κ3) is 59.6. The molecule has 20 heavy (non-hydrogen) atoms. The van der Waals surface area contributed by atoms with E-state index in [0.717, 1.165) is 0 Å². The molecule has 0 aliphatic heterocycles. The number of hydrogen-bond acceptors (Lipinski definition) is 3. The minimum absolute atomic E-state index is 0.